The minimum absolute atomic E-state index is 0.0477. The van der Waals surface area contributed by atoms with Gasteiger partial charge in [-0.1, -0.05) is 24.6 Å². The second-order valence-electron chi connectivity index (χ2n) is 9.08. The van der Waals surface area contributed by atoms with Crippen molar-refractivity contribution in [3.05, 3.63) is 77.3 Å². The van der Waals surface area contributed by atoms with Crippen LogP contribution in [0.3, 0.4) is 0 Å². The van der Waals surface area contributed by atoms with Crippen molar-refractivity contribution >= 4 is 60.7 Å². The molecule has 1 saturated heterocycles. The zero-order valence-corrected chi connectivity index (χ0v) is 24.1. The van der Waals surface area contributed by atoms with Gasteiger partial charge in [0.25, 0.3) is 26.0 Å². The van der Waals surface area contributed by atoms with Crippen LogP contribution in [0.4, 0.5) is 11.4 Å². The maximum Gasteiger partial charge on any atom is 0.261 e. The summed E-state index contributed by atoms with van der Waals surface area (Å²) in [4.78, 5) is 15.6. The van der Waals surface area contributed by atoms with Crippen LogP contribution < -0.4 is 9.44 Å². The van der Waals surface area contributed by atoms with Crippen molar-refractivity contribution in [1.29, 1.82) is 0 Å². The monoisotopic (exact) mass is 593 g/mol. The van der Waals surface area contributed by atoms with Crippen LogP contribution in [0.25, 0.3) is 0 Å². The van der Waals surface area contributed by atoms with Crippen molar-refractivity contribution in [3.8, 4) is 0 Å². The number of benzene rings is 3. The highest BCUT2D eigenvalue weighted by atomic mass is 35.5. The molecule has 1 aliphatic rings. The van der Waals surface area contributed by atoms with Crippen molar-refractivity contribution in [1.82, 2.24) is 4.90 Å². The SMILES string of the molecule is CSc1ccc(S(=O)(=O)Nc2ccc(S(=O)(=O)Nc3cccc(Cl)c3)cc2)cc1C(=O)N1CCC(C)CC1. The average molecular weight is 594 g/mol. The number of carbonyl (C=O) groups excluding carboxylic acids is 1. The molecule has 0 bridgehead atoms. The number of hydrogen-bond donors (Lipinski definition) is 2. The summed E-state index contributed by atoms with van der Waals surface area (Å²) in [6, 6.07) is 16.1. The Kier molecular flexibility index (Phi) is 8.61. The van der Waals surface area contributed by atoms with Gasteiger partial charge in [0.2, 0.25) is 0 Å². The fourth-order valence-corrected chi connectivity index (χ4v) is 6.98. The Labute approximate surface area is 232 Å². The minimum Gasteiger partial charge on any atom is -0.339 e. The highest BCUT2D eigenvalue weighted by Gasteiger charge is 2.25. The molecule has 4 rings (SSSR count). The van der Waals surface area contributed by atoms with Gasteiger partial charge >= 0.3 is 0 Å². The summed E-state index contributed by atoms with van der Waals surface area (Å²) >= 11 is 7.30. The standard InChI is InChI=1S/C26H28ClN3O5S3/c1-18-12-14-30(15-13-18)26(31)24-17-23(10-11-25(24)36-2)38(34,35)28-20-6-8-22(9-7-20)37(32,33)29-21-5-3-4-19(27)16-21/h3-11,16-18,28-29H,12-15H2,1-2H3. The maximum atomic E-state index is 13.2. The van der Waals surface area contributed by atoms with Crippen LogP contribution in [0.15, 0.2) is 81.4 Å². The molecule has 202 valence electrons. The van der Waals surface area contributed by atoms with E-state index in [9.17, 15) is 21.6 Å². The average Bonchev–Trinajstić information content (AvgIpc) is 2.88. The van der Waals surface area contributed by atoms with Gasteiger partial charge in [-0.05, 0) is 85.7 Å². The van der Waals surface area contributed by atoms with Crippen molar-refractivity contribution in [3.63, 3.8) is 0 Å². The van der Waals surface area contributed by atoms with Gasteiger partial charge < -0.3 is 4.90 Å². The molecule has 1 fully saturated rings. The van der Waals surface area contributed by atoms with Crippen molar-refractivity contribution < 1.29 is 21.6 Å². The summed E-state index contributed by atoms with van der Waals surface area (Å²) in [7, 11) is -7.96. The number of likely N-dealkylation sites (tertiary alicyclic amines) is 1. The molecule has 1 aliphatic heterocycles. The molecule has 0 atom stereocenters. The number of carbonyl (C=O) groups is 1. The molecule has 8 nitrogen and oxygen atoms in total. The predicted molar refractivity (Wildman–Crippen MR) is 152 cm³/mol. The third kappa shape index (κ3) is 6.63. The Morgan fingerprint density at radius 2 is 1.47 bits per heavy atom. The molecular weight excluding hydrogens is 566 g/mol. The second-order valence-corrected chi connectivity index (χ2v) is 13.7. The van der Waals surface area contributed by atoms with Crippen LogP contribution >= 0.6 is 23.4 Å². The summed E-state index contributed by atoms with van der Waals surface area (Å²) in [5, 5.41) is 0.385. The van der Waals surface area contributed by atoms with Gasteiger partial charge in [0.15, 0.2) is 0 Å². The van der Waals surface area contributed by atoms with Crippen molar-refractivity contribution in [2.75, 3.05) is 28.8 Å². The van der Waals surface area contributed by atoms with Gasteiger partial charge in [-0.15, -0.1) is 11.8 Å². The number of hydrogen-bond acceptors (Lipinski definition) is 6. The Morgan fingerprint density at radius 3 is 2.11 bits per heavy atom. The number of piperidine rings is 1. The Morgan fingerprint density at radius 1 is 0.868 bits per heavy atom. The lowest BCUT2D eigenvalue weighted by molar-refractivity contribution is 0.0693. The van der Waals surface area contributed by atoms with E-state index in [1.807, 2.05) is 6.26 Å². The van der Waals surface area contributed by atoms with E-state index in [1.54, 1.807) is 29.2 Å². The molecule has 0 unspecified atom stereocenters. The molecule has 0 spiro atoms. The van der Waals surface area contributed by atoms with E-state index < -0.39 is 20.0 Å². The van der Waals surface area contributed by atoms with E-state index in [0.717, 1.165) is 12.8 Å². The van der Waals surface area contributed by atoms with Crippen LogP contribution in [0.5, 0.6) is 0 Å². The van der Waals surface area contributed by atoms with Crippen LogP contribution in [0.2, 0.25) is 5.02 Å². The Balaban J connectivity index is 1.52. The number of rotatable bonds is 8. The first-order valence-corrected chi connectivity index (χ1v) is 16.4. The van der Waals surface area contributed by atoms with Crippen molar-refractivity contribution in [2.45, 2.75) is 34.5 Å². The fourth-order valence-electron chi connectivity index (χ4n) is 4.09. The summed E-state index contributed by atoms with van der Waals surface area (Å²) in [5.74, 6) is 0.379. The molecule has 0 saturated carbocycles. The molecule has 3 aromatic rings. The second kappa shape index (κ2) is 11.6. The number of amides is 1. The first-order chi connectivity index (χ1) is 18.0. The number of anilines is 2. The number of halogens is 1. The van der Waals surface area contributed by atoms with Crippen LogP contribution in [0, 0.1) is 5.92 Å². The topological polar surface area (TPSA) is 113 Å². The predicted octanol–water partition coefficient (Wildman–Crippen LogP) is 5.54. The van der Waals surface area contributed by atoms with Gasteiger partial charge in [-0.3, -0.25) is 14.2 Å². The van der Waals surface area contributed by atoms with E-state index in [-0.39, 0.29) is 21.4 Å². The lowest BCUT2D eigenvalue weighted by Crippen LogP contribution is -2.38. The zero-order chi connectivity index (χ0) is 27.5. The molecule has 12 heteroatoms. The summed E-state index contributed by atoms with van der Waals surface area (Å²) in [6.07, 6.45) is 3.67. The number of nitrogens with one attached hydrogen (secondary N) is 2. The molecule has 0 radical (unpaired) electrons. The zero-order valence-electron chi connectivity index (χ0n) is 20.8. The number of thioether (sulfide) groups is 1. The normalized spacial score (nSPS) is 14.8. The van der Waals surface area contributed by atoms with E-state index in [1.165, 1.54) is 54.2 Å². The Hall–Kier alpha value is -2.73. The molecule has 0 aliphatic carbocycles. The van der Waals surface area contributed by atoms with E-state index in [0.29, 0.717) is 40.2 Å². The highest BCUT2D eigenvalue weighted by molar-refractivity contribution is 7.98. The summed E-state index contributed by atoms with van der Waals surface area (Å²) in [6.45, 7) is 3.45. The van der Waals surface area contributed by atoms with E-state index in [2.05, 4.69) is 16.4 Å². The third-order valence-corrected chi connectivity index (χ3v) is 10.1. The first-order valence-electron chi connectivity index (χ1n) is 11.9. The summed E-state index contributed by atoms with van der Waals surface area (Å²) in [5.41, 5.74) is 0.836. The van der Waals surface area contributed by atoms with Crippen LogP contribution in [-0.2, 0) is 20.0 Å². The van der Waals surface area contributed by atoms with Crippen LogP contribution in [0.1, 0.15) is 30.1 Å². The minimum atomic E-state index is -4.05. The fraction of sp³-hybridized carbons (Fsp3) is 0.269. The molecular formula is C26H28ClN3O5S3. The first kappa shape index (κ1) is 28.3. The van der Waals surface area contributed by atoms with E-state index in [4.69, 9.17) is 11.6 Å². The molecule has 2 N–H and O–H groups in total. The highest BCUT2D eigenvalue weighted by Crippen LogP contribution is 2.28. The lowest BCUT2D eigenvalue weighted by Gasteiger charge is -2.30. The summed E-state index contributed by atoms with van der Waals surface area (Å²) < 4.78 is 56.7. The molecule has 3 aromatic carbocycles. The molecule has 1 amide bonds. The number of nitrogens with zero attached hydrogens (tertiary/aromatic N) is 1. The Bertz CT molecular complexity index is 1540. The van der Waals surface area contributed by atoms with Gasteiger partial charge in [0.1, 0.15) is 0 Å². The number of sulfonamides is 2. The van der Waals surface area contributed by atoms with Crippen molar-refractivity contribution in [2.24, 2.45) is 5.92 Å². The third-order valence-electron chi connectivity index (χ3n) is 6.28. The largest absolute Gasteiger partial charge is 0.339 e. The van der Waals surface area contributed by atoms with Gasteiger partial charge in [-0.2, -0.15) is 0 Å². The molecule has 38 heavy (non-hydrogen) atoms. The quantitative estimate of drug-likeness (QED) is 0.332. The van der Waals surface area contributed by atoms with E-state index >= 15 is 0 Å². The van der Waals surface area contributed by atoms with Gasteiger partial charge in [-0.25, -0.2) is 16.8 Å². The molecule has 0 aromatic heterocycles. The smallest absolute Gasteiger partial charge is 0.261 e. The molecule has 1 heterocycles. The lowest BCUT2D eigenvalue weighted by atomic mass is 9.98. The van der Waals surface area contributed by atoms with Crippen LogP contribution in [-0.4, -0.2) is 47.0 Å². The maximum absolute atomic E-state index is 13.2. The van der Waals surface area contributed by atoms with Gasteiger partial charge in [0.05, 0.1) is 21.0 Å². The van der Waals surface area contributed by atoms with Gasteiger partial charge in [0, 0.05) is 28.7 Å².